The van der Waals surface area contributed by atoms with Crippen LogP contribution in [0.5, 0.6) is 5.75 Å². The van der Waals surface area contributed by atoms with Crippen molar-refractivity contribution in [1.29, 1.82) is 0 Å². The first-order chi connectivity index (χ1) is 17.7. The van der Waals surface area contributed by atoms with E-state index in [4.69, 9.17) is 4.74 Å². The van der Waals surface area contributed by atoms with E-state index in [0.717, 1.165) is 60.4 Å². The summed E-state index contributed by atoms with van der Waals surface area (Å²) < 4.78 is 72.2. The Labute approximate surface area is 217 Å². The zero-order valence-corrected chi connectivity index (χ0v) is 21.7. The molecule has 2 aromatic rings. The number of hydrogen-bond acceptors (Lipinski definition) is 1. The molecule has 6 heteroatoms. The molecule has 0 aromatic heterocycles. The van der Waals surface area contributed by atoms with Crippen LogP contribution in [0.1, 0.15) is 107 Å². The number of hydrogen-bond donors (Lipinski definition) is 0. The summed E-state index contributed by atoms with van der Waals surface area (Å²) in [5, 5.41) is 0. The fourth-order valence-electron chi connectivity index (χ4n) is 6.42. The minimum absolute atomic E-state index is 0.305. The molecule has 2 fully saturated rings. The quantitative estimate of drug-likeness (QED) is 0.235. The third kappa shape index (κ3) is 7.48. The van der Waals surface area contributed by atoms with Gasteiger partial charge in [-0.25, -0.2) is 0 Å². The van der Waals surface area contributed by atoms with E-state index in [1.165, 1.54) is 76.3 Å². The van der Waals surface area contributed by atoms with Crippen molar-refractivity contribution in [2.45, 2.75) is 102 Å². The molecule has 2 aliphatic carbocycles. The maximum atomic E-state index is 14.7. The maximum absolute atomic E-state index is 14.7. The minimum atomic E-state index is -4.52. The third-order valence-corrected chi connectivity index (χ3v) is 8.69. The Hall–Kier alpha value is -2.11. The van der Waals surface area contributed by atoms with Gasteiger partial charge in [-0.05, 0) is 104 Å². The van der Waals surface area contributed by atoms with Crippen molar-refractivity contribution in [2.75, 3.05) is 0 Å². The van der Waals surface area contributed by atoms with Gasteiger partial charge in [0.1, 0.15) is 5.75 Å². The molecule has 0 heterocycles. The van der Waals surface area contributed by atoms with Crippen LogP contribution >= 0.6 is 0 Å². The molecular formula is C31H39F5O. The summed E-state index contributed by atoms with van der Waals surface area (Å²) in [5.74, 6) is 2.66. The summed E-state index contributed by atoms with van der Waals surface area (Å²) in [7, 11) is 0. The zero-order chi connectivity index (χ0) is 26.5. The number of alkyl halides is 5. The molecule has 2 aliphatic rings. The Balaban J connectivity index is 1.26. The van der Waals surface area contributed by atoms with Gasteiger partial charge in [0.05, 0.1) is 11.1 Å². The molecule has 0 N–H and O–H groups in total. The maximum Gasteiger partial charge on any atom is 0.426 e. The molecule has 0 amide bonds. The standard InChI is InChI=1S/C31H39F5O/c1-2-3-4-5-22-6-8-23(9-7-22)24-10-12-25(13-11-24)26-14-16-28(17-15-26)31(35,36)37-29-20-18-27(19-21-29)30(32,33)34/h14-25H,2-13H2,1H3. The van der Waals surface area contributed by atoms with Gasteiger partial charge in [0.2, 0.25) is 0 Å². The monoisotopic (exact) mass is 522 g/mol. The number of halogens is 5. The second-order valence-electron chi connectivity index (χ2n) is 11.2. The Bertz CT molecular complexity index is 951. The largest absolute Gasteiger partial charge is 0.429 e. The van der Waals surface area contributed by atoms with E-state index in [9.17, 15) is 22.0 Å². The topological polar surface area (TPSA) is 9.23 Å². The summed E-state index contributed by atoms with van der Waals surface area (Å²) in [4.78, 5) is 0. The number of rotatable bonds is 9. The van der Waals surface area contributed by atoms with Crippen LogP contribution in [0, 0.1) is 17.8 Å². The van der Waals surface area contributed by atoms with Crippen LogP contribution in [0.2, 0.25) is 0 Å². The molecule has 1 nitrogen and oxygen atoms in total. The SMILES string of the molecule is CCCCCC1CCC(C2CCC(c3ccc(C(F)(F)Oc4ccc(C(F)(F)F)cc4)cc3)CC2)CC1. The van der Waals surface area contributed by atoms with Crippen molar-refractivity contribution in [1.82, 2.24) is 0 Å². The summed E-state index contributed by atoms with van der Waals surface area (Å²) in [6.45, 7) is 2.26. The second kappa shape index (κ2) is 12.2. The Morgan fingerprint density at radius 2 is 1.22 bits per heavy atom. The van der Waals surface area contributed by atoms with Crippen LogP contribution in [-0.2, 0) is 12.3 Å². The van der Waals surface area contributed by atoms with E-state index >= 15 is 0 Å². The van der Waals surface area contributed by atoms with Gasteiger partial charge in [-0.15, -0.1) is 0 Å². The highest BCUT2D eigenvalue weighted by atomic mass is 19.4. The van der Waals surface area contributed by atoms with Crippen LogP contribution in [0.3, 0.4) is 0 Å². The van der Waals surface area contributed by atoms with E-state index in [-0.39, 0.29) is 11.3 Å². The number of unbranched alkanes of at least 4 members (excludes halogenated alkanes) is 2. The van der Waals surface area contributed by atoms with Crippen LogP contribution in [0.15, 0.2) is 48.5 Å². The molecule has 204 valence electrons. The lowest BCUT2D eigenvalue weighted by Crippen LogP contribution is -2.25. The molecule has 0 atom stereocenters. The van der Waals surface area contributed by atoms with E-state index in [1.807, 2.05) is 0 Å². The zero-order valence-electron chi connectivity index (χ0n) is 21.7. The van der Waals surface area contributed by atoms with Crippen LogP contribution in [0.25, 0.3) is 0 Å². The molecule has 0 unspecified atom stereocenters. The predicted octanol–water partition coefficient (Wildman–Crippen LogP) is 10.5. The van der Waals surface area contributed by atoms with E-state index < -0.39 is 17.8 Å². The van der Waals surface area contributed by atoms with E-state index in [1.54, 1.807) is 12.1 Å². The lowest BCUT2D eigenvalue weighted by molar-refractivity contribution is -0.185. The fraction of sp³-hybridized carbons (Fsp3) is 0.613. The number of benzene rings is 2. The van der Waals surface area contributed by atoms with Crippen molar-refractivity contribution in [3.8, 4) is 5.75 Å². The highest BCUT2D eigenvalue weighted by Gasteiger charge is 2.36. The Morgan fingerprint density at radius 1 is 0.676 bits per heavy atom. The smallest absolute Gasteiger partial charge is 0.426 e. The van der Waals surface area contributed by atoms with Crippen molar-refractivity contribution < 1.29 is 26.7 Å². The predicted molar refractivity (Wildman–Crippen MR) is 137 cm³/mol. The summed E-state index contributed by atoms with van der Waals surface area (Å²) in [6.07, 6.45) is 7.40. The Morgan fingerprint density at radius 3 is 1.76 bits per heavy atom. The van der Waals surface area contributed by atoms with Gasteiger partial charge in [0.25, 0.3) is 0 Å². The first-order valence-corrected chi connectivity index (χ1v) is 14.0. The summed E-state index contributed by atoms with van der Waals surface area (Å²) in [6, 6.07) is 9.59. The molecule has 2 saturated carbocycles. The molecule has 0 saturated heterocycles. The van der Waals surface area contributed by atoms with Gasteiger partial charge < -0.3 is 4.74 Å². The number of ether oxygens (including phenoxy) is 1. The average Bonchev–Trinajstić information content (AvgIpc) is 2.89. The van der Waals surface area contributed by atoms with Gasteiger partial charge in [-0.1, -0.05) is 57.6 Å². The fourth-order valence-corrected chi connectivity index (χ4v) is 6.42. The minimum Gasteiger partial charge on any atom is -0.429 e. The average molecular weight is 523 g/mol. The van der Waals surface area contributed by atoms with Crippen LogP contribution in [-0.4, -0.2) is 0 Å². The molecule has 37 heavy (non-hydrogen) atoms. The van der Waals surface area contributed by atoms with Crippen molar-refractivity contribution in [3.05, 3.63) is 65.2 Å². The van der Waals surface area contributed by atoms with Crippen LogP contribution < -0.4 is 4.74 Å². The second-order valence-corrected chi connectivity index (χ2v) is 11.2. The Kier molecular flexibility index (Phi) is 9.18. The highest BCUT2D eigenvalue weighted by Crippen LogP contribution is 2.45. The first-order valence-electron chi connectivity index (χ1n) is 14.0. The third-order valence-electron chi connectivity index (χ3n) is 8.69. The lowest BCUT2D eigenvalue weighted by atomic mass is 9.68. The van der Waals surface area contributed by atoms with E-state index in [2.05, 4.69) is 6.92 Å². The van der Waals surface area contributed by atoms with Crippen molar-refractivity contribution in [2.24, 2.45) is 17.8 Å². The molecule has 2 aromatic carbocycles. The molecular weight excluding hydrogens is 483 g/mol. The lowest BCUT2D eigenvalue weighted by Gasteiger charge is -2.38. The van der Waals surface area contributed by atoms with Gasteiger partial charge >= 0.3 is 12.3 Å². The molecule has 0 aliphatic heterocycles. The van der Waals surface area contributed by atoms with Crippen molar-refractivity contribution >= 4 is 0 Å². The van der Waals surface area contributed by atoms with Gasteiger partial charge in [0.15, 0.2) is 0 Å². The van der Waals surface area contributed by atoms with Gasteiger partial charge in [0, 0.05) is 0 Å². The van der Waals surface area contributed by atoms with Crippen LogP contribution in [0.4, 0.5) is 22.0 Å². The van der Waals surface area contributed by atoms with E-state index in [0.29, 0.717) is 5.92 Å². The van der Waals surface area contributed by atoms with Gasteiger partial charge in [-0.3, -0.25) is 0 Å². The molecule has 0 spiro atoms. The molecule has 0 radical (unpaired) electrons. The molecule has 4 rings (SSSR count). The highest BCUT2D eigenvalue weighted by molar-refractivity contribution is 5.31. The first kappa shape index (κ1) is 27.9. The molecule has 0 bridgehead atoms. The summed E-state index contributed by atoms with van der Waals surface area (Å²) >= 11 is 0. The normalized spacial score (nSPS) is 25.1. The summed E-state index contributed by atoms with van der Waals surface area (Å²) in [5.41, 5.74) is -0.134. The van der Waals surface area contributed by atoms with Crippen molar-refractivity contribution in [3.63, 3.8) is 0 Å². The van der Waals surface area contributed by atoms with Gasteiger partial charge in [-0.2, -0.15) is 22.0 Å².